The Morgan fingerprint density at radius 3 is 2.33 bits per heavy atom. The maximum Gasteiger partial charge on any atom is 0.133 e. The molecule has 0 aliphatic heterocycles. The summed E-state index contributed by atoms with van der Waals surface area (Å²) in [4.78, 5) is 0. The normalized spacial score (nSPS) is 12.0. The van der Waals surface area contributed by atoms with E-state index in [9.17, 15) is 5.11 Å². The van der Waals surface area contributed by atoms with Crippen molar-refractivity contribution in [3.63, 3.8) is 0 Å². The molecule has 0 aliphatic rings. The van der Waals surface area contributed by atoms with Gasteiger partial charge in [0.15, 0.2) is 0 Å². The highest BCUT2D eigenvalue weighted by Crippen LogP contribution is 2.31. The summed E-state index contributed by atoms with van der Waals surface area (Å²) in [6.45, 7) is 2.74. The van der Waals surface area contributed by atoms with Gasteiger partial charge in [-0.3, -0.25) is 0 Å². The first kappa shape index (κ1) is 15.9. The summed E-state index contributed by atoms with van der Waals surface area (Å²) in [7, 11) is 1.62. The van der Waals surface area contributed by atoms with Gasteiger partial charge in [0.1, 0.15) is 17.6 Å². The average molecular weight is 351 g/mol. The summed E-state index contributed by atoms with van der Waals surface area (Å²) < 4.78 is 11.6. The van der Waals surface area contributed by atoms with Crippen LogP contribution in [0.15, 0.2) is 46.9 Å². The standard InChI is InChI=1S/C17H19BrO3/c1-3-10-21-16-9-6-13(11-15(16)18)17(19)12-4-7-14(20-2)8-5-12/h4-9,11,17,19H,3,10H2,1-2H3. The molecule has 0 amide bonds. The number of aliphatic hydroxyl groups is 1. The second kappa shape index (κ2) is 7.48. The quantitative estimate of drug-likeness (QED) is 0.842. The van der Waals surface area contributed by atoms with Crippen LogP contribution < -0.4 is 9.47 Å². The number of ether oxygens (including phenoxy) is 2. The summed E-state index contributed by atoms with van der Waals surface area (Å²) in [5, 5.41) is 10.4. The van der Waals surface area contributed by atoms with E-state index >= 15 is 0 Å². The van der Waals surface area contributed by atoms with Gasteiger partial charge in [0.05, 0.1) is 18.2 Å². The molecule has 1 atom stereocenters. The number of rotatable bonds is 6. The van der Waals surface area contributed by atoms with Crippen molar-refractivity contribution in [2.45, 2.75) is 19.4 Å². The summed E-state index contributed by atoms with van der Waals surface area (Å²) >= 11 is 3.48. The molecule has 0 radical (unpaired) electrons. The van der Waals surface area contributed by atoms with E-state index in [4.69, 9.17) is 9.47 Å². The Bertz CT molecular complexity index is 581. The van der Waals surface area contributed by atoms with Crippen LogP contribution in [-0.2, 0) is 0 Å². The third kappa shape index (κ3) is 3.99. The third-order valence-corrected chi connectivity index (χ3v) is 3.78. The number of benzene rings is 2. The molecule has 0 bridgehead atoms. The Morgan fingerprint density at radius 2 is 1.76 bits per heavy atom. The second-order valence-corrected chi connectivity index (χ2v) is 5.57. The summed E-state index contributed by atoms with van der Waals surface area (Å²) in [5.41, 5.74) is 1.64. The van der Waals surface area contributed by atoms with E-state index in [-0.39, 0.29) is 0 Å². The van der Waals surface area contributed by atoms with Gasteiger partial charge in [-0.1, -0.05) is 25.1 Å². The monoisotopic (exact) mass is 350 g/mol. The lowest BCUT2D eigenvalue weighted by Crippen LogP contribution is -2.01. The highest BCUT2D eigenvalue weighted by atomic mass is 79.9. The molecular formula is C17H19BrO3. The van der Waals surface area contributed by atoms with Crippen LogP contribution in [0.3, 0.4) is 0 Å². The molecule has 0 aromatic heterocycles. The predicted octanol–water partition coefficient (Wildman–Crippen LogP) is 4.33. The predicted molar refractivity (Wildman–Crippen MR) is 87.0 cm³/mol. The molecule has 0 spiro atoms. The Morgan fingerprint density at radius 1 is 1.10 bits per heavy atom. The van der Waals surface area contributed by atoms with E-state index in [0.717, 1.165) is 33.5 Å². The van der Waals surface area contributed by atoms with E-state index in [1.165, 1.54) is 0 Å². The molecule has 4 heteroatoms. The van der Waals surface area contributed by atoms with E-state index < -0.39 is 6.10 Å². The van der Waals surface area contributed by atoms with Crippen LogP contribution in [0.25, 0.3) is 0 Å². The molecule has 0 aliphatic carbocycles. The number of methoxy groups -OCH3 is 1. The first-order chi connectivity index (χ1) is 10.2. The molecule has 0 heterocycles. The smallest absolute Gasteiger partial charge is 0.133 e. The lowest BCUT2D eigenvalue weighted by atomic mass is 10.0. The Hall–Kier alpha value is -1.52. The highest BCUT2D eigenvalue weighted by molar-refractivity contribution is 9.10. The second-order valence-electron chi connectivity index (χ2n) is 4.71. The van der Waals surface area contributed by atoms with Gasteiger partial charge in [0, 0.05) is 0 Å². The van der Waals surface area contributed by atoms with E-state index in [2.05, 4.69) is 22.9 Å². The first-order valence-electron chi connectivity index (χ1n) is 6.90. The fraction of sp³-hybridized carbons (Fsp3) is 0.294. The van der Waals surface area contributed by atoms with Crippen molar-refractivity contribution >= 4 is 15.9 Å². The van der Waals surface area contributed by atoms with Gasteiger partial charge in [0.2, 0.25) is 0 Å². The van der Waals surface area contributed by atoms with Crippen LogP contribution in [0, 0.1) is 0 Å². The Labute approximate surface area is 133 Å². The van der Waals surface area contributed by atoms with Gasteiger partial charge in [-0.15, -0.1) is 0 Å². The van der Waals surface area contributed by atoms with Crippen LogP contribution in [-0.4, -0.2) is 18.8 Å². The van der Waals surface area contributed by atoms with Crippen molar-refractivity contribution in [1.82, 2.24) is 0 Å². The topological polar surface area (TPSA) is 38.7 Å². The van der Waals surface area contributed by atoms with Crippen molar-refractivity contribution in [2.24, 2.45) is 0 Å². The zero-order chi connectivity index (χ0) is 15.2. The molecule has 112 valence electrons. The minimum atomic E-state index is -0.674. The van der Waals surface area contributed by atoms with Crippen LogP contribution >= 0.6 is 15.9 Å². The van der Waals surface area contributed by atoms with Gasteiger partial charge in [-0.2, -0.15) is 0 Å². The van der Waals surface area contributed by atoms with Crippen molar-refractivity contribution in [1.29, 1.82) is 0 Å². The van der Waals surface area contributed by atoms with Crippen molar-refractivity contribution in [2.75, 3.05) is 13.7 Å². The van der Waals surface area contributed by atoms with Crippen LogP contribution in [0.2, 0.25) is 0 Å². The van der Waals surface area contributed by atoms with E-state index in [0.29, 0.717) is 6.61 Å². The van der Waals surface area contributed by atoms with Crippen molar-refractivity contribution < 1.29 is 14.6 Å². The van der Waals surface area contributed by atoms with Gasteiger partial charge in [0.25, 0.3) is 0 Å². The van der Waals surface area contributed by atoms with Crippen molar-refractivity contribution in [3.8, 4) is 11.5 Å². The molecule has 3 nitrogen and oxygen atoms in total. The fourth-order valence-electron chi connectivity index (χ4n) is 1.99. The highest BCUT2D eigenvalue weighted by Gasteiger charge is 2.12. The molecule has 1 N–H and O–H groups in total. The molecule has 0 fully saturated rings. The average Bonchev–Trinajstić information content (AvgIpc) is 2.53. The lowest BCUT2D eigenvalue weighted by Gasteiger charge is -2.14. The zero-order valence-electron chi connectivity index (χ0n) is 12.2. The van der Waals surface area contributed by atoms with Crippen LogP contribution in [0.4, 0.5) is 0 Å². The largest absolute Gasteiger partial charge is 0.497 e. The number of aliphatic hydroxyl groups excluding tert-OH is 1. The fourth-order valence-corrected chi connectivity index (χ4v) is 2.51. The molecule has 2 aromatic rings. The molecule has 0 saturated heterocycles. The SMILES string of the molecule is CCCOc1ccc(C(O)c2ccc(OC)cc2)cc1Br. The van der Waals surface area contributed by atoms with Crippen LogP contribution in [0.5, 0.6) is 11.5 Å². The van der Waals surface area contributed by atoms with E-state index in [1.807, 2.05) is 42.5 Å². The maximum atomic E-state index is 10.4. The zero-order valence-corrected chi connectivity index (χ0v) is 13.8. The summed E-state index contributed by atoms with van der Waals surface area (Å²) in [6, 6.07) is 13.0. The summed E-state index contributed by atoms with van der Waals surface area (Å²) in [6.07, 6.45) is 0.287. The summed E-state index contributed by atoms with van der Waals surface area (Å²) in [5.74, 6) is 1.57. The lowest BCUT2D eigenvalue weighted by molar-refractivity contribution is 0.220. The molecule has 0 saturated carbocycles. The number of hydrogen-bond donors (Lipinski definition) is 1. The van der Waals surface area contributed by atoms with Gasteiger partial charge in [-0.05, 0) is 57.7 Å². The van der Waals surface area contributed by atoms with Gasteiger partial charge < -0.3 is 14.6 Å². The Kier molecular flexibility index (Phi) is 5.65. The molecule has 21 heavy (non-hydrogen) atoms. The first-order valence-corrected chi connectivity index (χ1v) is 7.69. The third-order valence-electron chi connectivity index (χ3n) is 3.16. The van der Waals surface area contributed by atoms with Crippen molar-refractivity contribution in [3.05, 3.63) is 58.1 Å². The molecule has 1 unspecified atom stereocenters. The van der Waals surface area contributed by atoms with E-state index in [1.54, 1.807) is 7.11 Å². The molecule has 2 aromatic carbocycles. The maximum absolute atomic E-state index is 10.4. The van der Waals surface area contributed by atoms with Gasteiger partial charge >= 0.3 is 0 Å². The number of halogens is 1. The number of hydrogen-bond acceptors (Lipinski definition) is 3. The van der Waals surface area contributed by atoms with Gasteiger partial charge in [-0.25, -0.2) is 0 Å². The minimum Gasteiger partial charge on any atom is -0.497 e. The molecular weight excluding hydrogens is 332 g/mol. The van der Waals surface area contributed by atoms with Crippen LogP contribution in [0.1, 0.15) is 30.6 Å². The minimum absolute atomic E-state index is 0.674. The molecule has 2 rings (SSSR count). The Balaban J connectivity index is 2.18.